The fourth-order valence-corrected chi connectivity index (χ4v) is 3.59. The van der Waals surface area contributed by atoms with E-state index < -0.39 is 11.6 Å². The fraction of sp³-hybridized carbons (Fsp3) is 0.412. The lowest BCUT2D eigenvalue weighted by Crippen LogP contribution is -2.52. The molecule has 1 fully saturated rings. The molecule has 0 unspecified atom stereocenters. The smallest absolute Gasteiger partial charge is 0.194 e. The molecule has 1 aliphatic rings. The highest BCUT2D eigenvalue weighted by Gasteiger charge is 2.22. The van der Waals surface area contributed by atoms with E-state index in [0.717, 1.165) is 17.7 Å². The number of anilines is 1. The second-order valence-corrected chi connectivity index (χ2v) is 6.77. The maximum Gasteiger partial charge on any atom is 0.194 e. The van der Waals surface area contributed by atoms with Crippen LogP contribution in [0.1, 0.15) is 10.6 Å². The van der Waals surface area contributed by atoms with Gasteiger partial charge >= 0.3 is 0 Å². The minimum absolute atomic E-state index is 0.322. The number of rotatable bonds is 3. The molecule has 8 heteroatoms. The van der Waals surface area contributed by atoms with Gasteiger partial charge in [0.25, 0.3) is 0 Å². The van der Waals surface area contributed by atoms with Crippen molar-refractivity contribution in [3.63, 3.8) is 0 Å². The molecule has 2 aromatic rings. The standard InChI is InChI=1S/C17H21F2N5S/c1-12-16(25-11-22-12)10-21-17(20-2)24-7-5-23(6-8-24)15-9-13(18)3-4-14(15)19/h3-4,9,11H,5-8,10H2,1-2H3,(H,20,21). The monoisotopic (exact) mass is 365 g/mol. The molecule has 1 aliphatic heterocycles. The maximum absolute atomic E-state index is 13.9. The molecule has 1 aromatic heterocycles. The molecule has 1 aromatic carbocycles. The summed E-state index contributed by atoms with van der Waals surface area (Å²) < 4.78 is 27.3. The van der Waals surface area contributed by atoms with E-state index in [4.69, 9.17) is 0 Å². The van der Waals surface area contributed by atoms with Crippen LogP contribution in [0.25, 0.3) is 0 Å². The zero-order chi connectivity index (χ0) is 17.8. The largest absolute Gasteiger partial charge is 0.366 e. The van der Waals surface area contributed by atoms with Gasteiger partial charge in [-0.2, -0.15) is 0 Å². The summed E-state index contributed by atoms with van der Waals surface area (Å²) in [5, 5.41) is 3.35. The number of piperazine rings is 1. The van der Waals surface area contributed by atoms with Crippen molar-refractivity contribution in [1.29, 1.82) is 0 Å². The molecule has 0 amide bonds. The Kier molecular flexibility index (Phi) is 5.47. The molecular formula is C17H21F2N5S. The van der Waals surface area contributed by atoms with Crippen molar-refractivity contribution in [3.8, 4) is 0 Å². The third-order valence-electron chi connectivity index (χ3n) is 4.29. The molecule has 1 N–H and O–H groups in total. The van der Waals surface area contributed by atoms with E-state index in [9.17, 15) is 8.78 Å². The second kappa shape index (κ2) is 7.77. The van der Waals surface area contributed by atoms with Gasteiger partial charge in [0, 0.05) is 44.2 Å². The van der Waals surface area contributed by atoms with E-state index in [1.807, 2.05) is 17.3 Å². The Hall–Kier alpha value is -2.22. The molecule has 0 spiro atoms. The average Bonchev–Trinajstić information content (AvgIpc) is 3.03. The van der Waals surface area contributed by atoms with Crippen LogP contribution in [-0.2, 0) is 6.54 Å². The highest BCUT2D eigenvalue weighted by atomic mass is 32.1. The van der Waals surface area contributed by atoms with Gasteiger partial charge in [-0.25, -0.2) is 13.8 Å². The van der Waals surface area contributed by atoms with Gasteiger partial charge in [-0.1, -0.05) is 0 Å². The predicted octanol–water partition coefficient (Wildman–Crippen LogP) is 2.63. The Morgan fingerprint density at radius 1 is 1.28 bits per heavy atom. The van der Waals surface area contributed by atoms with Gasteiger partial charge in [-0.05, 0) is 19.1 Å². The van der Waals surface area contributed by atoms with E-state index >= 15 is 0 Å². The first-order chi connectivity index (χ1) is 12.1. The molecule has 1 saturated heterocycles. The van der Waals surface area contributed by atoms with Crippen LogP contribution in [0.5, 0.6) is 0 Å². The lowest BCUT2D eigenvalue weighted by molar-refractivity contribution is 0.370. The summed E-state index contributed by atoms with van der Waals surface area (Å²) in [6.45, 7) is 5.28. The van der Waals surface area contributed by atoms with Crippen molar-refractivity contribution >= 4 is 23.0 Å². The van der Waals surface area contributed by atoms with Gasteiger partial charge < -0.3 is 15.1 Å². The zero-order valence-electron chi connectivity index (χ0n) is 14.3. The van der Waals surface area contributed by atoms with Crippen molar-refractivity contribution in [2.45, 2.75) is 13.5 Å². The quantitative estimate of drug-likeness (QED) is 0.671. The van der Waals surface area contributed by atoms with Crippen molar-refractivity contribution < 1.29 is 8.78 Å². The Balaban J connectivity index is 1.59. The van der Waals surface area contributed by atoms with Crippen LogP contribution in [0, 0.1) is 18.6 Å². The van der Waals surface area contributed by atoms with Crippen molar-refractivity contribution in [2.75, 3.05) is 38.1 Å². The molecule has 0 saturated carbocycles. The minimum Gasteiger partial charge on any atom is -0.366 e. The van der Waals surface area contributed by atoms with Crippen molar-refractivity contribution in [1.82, 2.24) is 15.2 Å². The van der Waals surface area contributed by atoms with Crippen molar-refractivity contribution in [3.05, 3.63) is 45.9 Å². The number of aryl methyl sites for hydroxylation is 1. The number of benzene rings is 1. The summed E-state index contributed by atoms with van der Waals surface area (Å²) in [5.74, 6) is 0.00132. The molecule has 134 valence electrons. The van der Waals surface area contributed by atoms with Crippen LogP contribution in [0.4, 0.5) is 14.5 Å². The lowest BCUT2D eigenvalue weighted by Gasteiger charge is -2.37. The van der Waals surface area contributed by atoms with Crippen molar-refractivity contribution in [2.24, 2.45) is 4.99 Å². The Labute approximate surface area is 150 Å². The summed E-state index contributed by atoms with van der Waals surface area (Å²) in [6, 6.07) is 3.57. The van der Waals surface area contributed by atoms with E-state index in [1.165, 1.54) is 17.0 Å². The first-order valence-corrected chi connectivity index (χ1v) is 9.01. The number of nitrogens with zero attached hydrogens (tertiary/aromatic N) is 4. The fourth-order valence-electron chi connectivity index (χ4n) is 2.87. The van der Waals surface area contributed by atoms with Gasteiger partial charge in [0.15, 0.2) is 5.96 Å². The van der Waals surface area contributed by atoms with Crippen LogP contribution >= 0.6 is 11.3 Å². The Bertz CT molecular complexity index is 753. The number of hydrogen-bond acceptors (Lipinski definition) is 4. The summed E-state index contributed by atoms with van der Waals surface area (Å²) in [5.41, 5.74) is 3.18. The van der Waals surface area contributed by atoms with E-state index in [-0.39, 0.29) is 0 Å². The first-order valence-electron chi connectivity index (χ1n) is 8.13. The summed E-state index contributed by atoms with van der Waals surface area (Å²) in [7, 11) is 1.75. The molecule has 25 heavy (non-hydrogen) atoms. The summed E-state index contributed by atoms with van der Waals surface area (Å²) in [4.78, 5) is 13.8. The van der Waals surface area contributed by atoms with Gasteiger partial charge in [-0.3, -0.25) is 4.99 Å². The number of nitrogens with one attached hydrogen (secondary N) is 1. The zero-order valence-corrected chi connectivity index (χ0v) is 15.1. The van der Waals surface area contributed by atoms with Gasteiger partial charge in [-0.15, -0.1) is 11.3 Å². The van der Waals surface area contributed by atoms with Crippen LogP contribution in [0.2, 0.25) is 0 Å². The normalized spacial score (nSPS) is 15.6. The van der Waals surface area contributed by atoms with Crippen LogP contribution in [0.15, 0.2) is 28.7 Å². The molecular weight excluding hydrogens is 344 g/mol. The Morgan fingerprint density at radius 3 is 2.68 bits per heavy atom. The third-order valence-corrected chi connectivity index (χ3v) is 5.23. The molecule has 5 nitrogen and oxygen atoms in total. The minimum atomic E-state index is -0.420. The van der Waals surface area contributed by atoms with Gasteiger partial charge in [0.1, 0.15) is 11.6 Å². The Morgan fingerprint density at radius 2 is 2.04 bits per heavy atom. The number of halogens is 2. The van der Waals surface area contributed by atoms with Crippen LogP contribution in [0.3, 0.4) is 0 Å². The van der Waals surface area contributed by atoms with E-state index in [1.54, 1.807) is 18.4 Å². The molecule has 3 rings (SSSR count). The summed E-state index contributed by atoms with van der Waals surface area (Å²) >= 11 is 1.62. The van der Waals surface area contributed by atoms with Crippen LogP contribution in [-0.4, -0.2) is 49.1 Å². The first kappa shape index (κ1) is 17.6. The average molecular weight is 365 g/mol. The van der Waals surface area contributed by atoms with E-state index in [2.05, 4.69) is 20.2 Å². The molecule has 0 atom stereocenters. The molecule has 0 radical (unpaired) electrons. The lowest BCUT2D eigenvalue weighted by atomic mass is 10.2. The number of aromatic nitrogens is 1. The topological polar surface area (TPSA) is 43.8 Å². The highest BCUT2D eigenvalue weighted by molar-refractivity contribution is 7.09. The highest BCUT2D eigenvalue weighted by Crippen LogP contribution is 2.22. The number of aliphatic imine (C=N–C) groups is 1. The molecule has 0 bridgehead atoms. The second-order valence-electron chi connectivity index (χ2n) is 5.83. The molecule has 2 heterocycles. The SMILES string of the molecule is CN=C(NCc1scnc1C)N1CCN(c2cc(F)ccc2F)CC1. The van der Waals surface area contributed by atoms with Gasteiger partial charge in [0.05, 0.1) is 23.4 Å². The van der Waals surface area contributed by atoms with E-state index in [0.29, 0.717) is 38.4 Å². The number of guanidine groups is 1. The van der Waals surface area contributed by atoms with Crippen LogP contribution < -0.4 is 10.2 Å². The number of thiazole rings is 1. The maximum atomic E-state index is 13.9. The predicted molar refractivity (Wildman–Crippen MR) is 97.2 cm³/mol. The summed E-state index contributed by atoms with van der Waals surface area (Å²) in [6.07, 6.45) is 0. The van der Waals surface area contributed by atoms with Gasteiger partial charge in [0.2, 0.25) is 0 Å². The third kappa shape index (κ3) is 4.07. The number of hydrogen-bond donors (Lipinski definition) is 1. The molecule has 0 aliphatic carbocycles.